The molecule has 2 aliphatic rings. The van der Waals surface area contributed by atoms with Crippen LogP contribution in [0.2, 0.25) is 5.02 Å². The van der Waals surface area contributed by atoms with Gasteiger partial charge in [0.25, 0.3) is 0 Å². The number of halogens is 1. The van der Waals surface area contributed by atoms with Crippen LogP contribution in [-0.4, -0.2) is 24.0 Å². The average Bonchev–Trinajstić information content (AvgIpc) is 3.47. The minimum Gasteiger partial charge on any atom is -0.384 e. The topological polar surface area (TPSA) is 54.0 Å². The first-order chi connectivity index (χ1) is 14.2. The molecule has 2 aromatic rings. The van der Waals surface area contributed by atoms with E-state index in [0.29, 0.717) is 11.6 Å². The molecule has 0 spiro atoms. The molecule has 0 bridgehead atoms. The van der Waals surface area contributed by atoms with E-state index in [0.717, 1.165) is 41.9 Å². The summed E-state index contributed by atoms with van der Waals surface area (Å²) in [5, 5.41) is 8.10. The van der Waals surface area contributed by atoms with Gasteiger partial charge < -0.3 is 10.6 Å². The first-order valence-corrected chi connectivity index (χ1v) is 10.1. The fourth-order valence-corrected chi connectivity index (χ4v) is 3.06. The Kier molecular flexibility index (Phi) is 11.6. The molecule has 4 nitrogen and oxygen atoms in total. The number of fused-ring (bicyclic) bond motifs is 1. The molecule has 2 saturated carbocycles. The molecule has 154 valence electrons. The zero-order valence-corrected chi connectivity index (χ0v) is 18.4. The number of amides is 1. The fraction of sp³-hybridized carbons (Fsp3) is 0.167. The summed E-state index contributed by atoms with van der Waals surface area (Å²) in [5.41, 5.74) is 1.94. The largest absolute Gasteiger partial charge is 2.00 e. The Morgan fingerprint density at radius 1 is 0.900 bits per heavy atom. The van der Waals surface area contributed by atoms with Crippen LogP contribution in [0.5, 0.6) is 0 Å². The first-order valence-electron chi connectivity index (χ1n) is 9.69. The van der Waals surface area contributed by atoms with Crippen LogP contribution in [0, 0.1) is 63.7 Å². The number of hydrogen-bond donors (Lipinski definition) is 2. The zero-order valence-electron chi connectivity index (χ0n) is 16.5. The normalized spacial score (nSPS) is 15.9. The van der Waals surface area contributed by atoms with Gasteiger partial charge in [0.15, 0.2) is 0 Å². The number of benzene rings is 1. The first kappa shape index (κ1) is 25.0. The molecule has 1 heterocycles. The van der Waals surface area contributed by atoms with Gasteiger partial charge in [0.2, 0.25) is 5.91 Å². The maximum Gasteiger partial charge on any atom is 2.00 e. The summed E-state index contributed by atoms with van der Waals surface area (Å²) in [6.07, 6.45) is 21.0. The summed E-state index contributed by atoms with van der Waals surface area (Å²) >= 11 is 6.00. The minimum atomic E-state index is -0.00929. The number of hydrogen-bond acceptors (Lipinski definition) is 3. The van der Waals surface area contributed by atoms with E-state index < -0.39 is 0 Å². The second-order valence-electron chi connectivity index (χ2n) is 6.55. The summed E-state index contributed by atoms with van der Waals surface area (Å²) < 4.78 is 0. The molecule has 30 heavy (non-hydrogen) atoms. The minimum absolute atomic E-state index is 0. The van der Waals surface area contributed by atoms with Gasteiger partial charge in [-0.15, -0.1) is 0 Å². The molecule has 6 heteroatoms. The second kappa shape index (κ2) is 13.9. The van der Waals surface area contributed by atoms with Gasteiger partial charge >= 0.3 is 17.1 Å². The van der Waals surface area contributed by atoms with Gasteiger partial charge in [-0.25, -0.2) is 0 Å². The Morgan fingerprint density at radius 2 is 1.57 bits per heavy atom. The van der Waals surface area contributed by atoms with Crippen molar-refractivity contribution in [3.05, 3.63) is 99.2 Å². The van der Waals surface area contributed by atoms with Gasteiger partial charge in [-0.2, -0.15) is 0 Å². The molecule has 4 rings (SSSR count). The van der Waals surface area contributed by atoms with Crippen molar-refractivity contribution in [2.24, 2.45) is 0 Å². The van der Waals surface area contributed by atoms with Crippen molar-refractivity contribution in [1.82, 2.24) is 10.3 Å². The maximum absolute atomic E-state index is 11.8. The molecule has 1 aromatic carbocycles. The van der Waals surface area contributed by atoms with Crippen molar-refractivity contribution < 1.29 is 21.9 Å². The predicted molar refractivity (Wildman–Crippen MR) is 119 cm³/mol. The van der Waals surface area contributed by atoms with Crippen molar-refractivity contribution in [2.75, 3.05) is 18.4 Å². The van der Waals surface area contributed by atoms with Gasteiger partial charge in [-0.3, -0.25) is 9.78 Å². The third kappa shape index (κ3) is 8.09. The summed E-state index contributed by atoms with van der Waals surface area (Å²) in [5.74, 6) is 0.708. The van der Waals surface area contributed by atoms with Crippen LogP contribution >= 0.6 is 11.6 Å². The van der Waals surface area contributed by atoms with Crippen LogP contribution in [0.1, 0.15) is 12.8 Å². The Bertz CT molecular complexity index is 769. The number of unbranched alkanes of at least 4 members (excludes halogenated alkanes) is 1. The quantitative estimate of drug-likeness (QED) is 0.467. The molecule has 0 saturated heterocycles. The van der Waals surface area contributed by atoms with Crippen LogP contribution in [0.4, 0.5) is 5.69 Å². The van der Waals surface area contributed by atoms with E-state index in [4.69, 9.17) is 11.6 Å². The van der Waals surface area contributed by atoms with Gasteiger partial charge in [0.1, 0.15) is 0 Å². The molecule has 0 unspecified atom stereocenters. The van der Waals surface area contributed by atoms with E-state index in [-0.39, 0.29) is 23.0 Å². The Labute approximate surface area is 196 Å². The van der Waals surface area contributed by atoms with E-state index in [1.54, 1.807) is 6.20 Å². The number of nitrogens with zero attached hydrogens (tertiary/aromatic N) is 1. The molecule has 2 aliphatic carbocycles. The van der Waals surface area contributed by atoms with Gasteiger partial charge in [0, 0.05) is 35.4 Å². The molecule has 1 aromatic heterocycles. The molecular weight excluding hydrogens is 438 g/mol. The van der Waals surface area contributed by atoms with Crippen LogP contribution < -0.4 is 10.6 Å². The number of carbonyl (C=O) groups is 1. The van der Waals surface area contributed by atoms with E-state index in [1.807, 2.05) is 82.1 Å². The molecular formula is C24H24ClFeN3O+2. The second-order valence-corrected chi connectivity index (χ2v) is 6.98. The Hall–Kier alpha value is -1.29. The van der Waals surface area contributed by atoms with E-state index in [2.05, 4.69) is 15.6 Å². The van der Waals surface area contributed by atoms with E-state index in [9.17, 15) is 4.79 Å². The smallest absolute Gasteiger partial charge is 0.384 e. The number of pyridine rings is 1. The van der Waals surface area contributed by atoms with Crippen molar-refractivity contribution in [2.45, 2.75) is 12.8 Å². The summed E-state index contributed by atoms with van der Waals surface area (Å²) in [6, 6.07) is 7.68. The summed E-state index contributed by atoms with van der Waals surface area (Å²) in [7, 11) is 0. The van der Waals surface area contributed by atoms with E-state index >= 15 is 0 Å². The molecule has 2 fully saturated rings. The Balaban J connectivity index is 0.000000468. The van der Waals surface area contributed by atoms with Crippen molar-refractivity contribution in [3.8, 4) is 0 Å². The third-order valence-corrected chi connectivity index (χ3v) is 4.62. The average molecular weight is 462 g/mol. The van der Waals surface area contributed by atoms with Crippen molar-refractivity contribution >= 4 is 34.1 Å². The van der Waals surface area contributed by atoms with Crippen molar-refractivity contribution in [1.29, 1.82) is 0 Å². The monoisotopic (exact) mass is 461 g/mol. The fourth-order valence-electron chi connectivity index (χ4n) is 2.90. The van der Waals surface area contributed by atoms with Crippen LogP contribution in [-0.2, 0) is 21.9 Å². The number of anilines is 1. The molecule has 10 radical (unpaired) electrons. The molecule has 2 N–H and O–H groups in total. The number of aromatic nitrogens is 1. The number of nitrogens with one attached hydrogen (secondary N) is 2. The van der Waals surface area contributed by atoms with Crippen LogP contribution in [0.3, 0.4) is 0 Å². The molecule has 0 atom stereocenters. The molecule has 0 aliphatic heterocycles. The van der Waals surface area contributed by atoms with Gasteiger partial charge in [-0.1, -0.05) is 11.6 Å². The summed E-state index contributed by atoms with van der Waals surface area (Å²) in [6.45, 7) is 1.52. The maximum atomic E-state index is 11.8. The Morgan fingerprint density at radius 3 is 2.27 bits per heavy atom. The predicted octanol–water partition coefficient (Wildman–Crippen LogP) is 4.62. The van der Waals surface area contributed by atoms with Crippen molar-refractivity contribution in [3.63, 3.8) is 0 Å². The number of rotatable bonds is 7. The van der Waals surface area contributed by atoms with Crippen LogP contribution in [0.25, 0.3) is 10.9 Å². The summed E-state index contributed by atoms with van der Waals surface area (Å²) in [4.78, 5) is 16.1. The SMILES string of the molecule is O=C(NCCCCNc1ccnc2cc(Cl)ccc12)[C]1[CH][CH][CH][CH]1.[CH]1[CH][CH][CH][CH]1.[Fe+2]. The zero-order chi connectivity index (χ0) is 20.3. The third-order valence-electron chi connectivity index (χ3n) is 4.39. The van der Waals surface area contributed by atoms with Crippen LogP contribution in [0.15, 0.2) is 30.5 Å². The molecule has 1 amide bonds. The van der Waals surface area contributed by atoms with Gasteiger partial charge in [-0.05, 0) is 94.9 Å². The van der Waals surface area contributed by atoms with Gasteiger partial charge in [0.05, 0.1) is 11.4 Å². The standard InChI is InChI=1S/C19H19ClN3O.C5H5.Fe/c20-15-7-8-16-17(9-12-22-18(16)13-15)21-10-3-4-11-23-19(24)14-5-1-2-6-14;1-2-4-5-3-1;/h1-2,5-9,12-13H,3-4,10-11H2,(H,21,22)(H,23,24);1-5H;/q;;+2. The van der Waals surface area contributed by atoms with E-state index in [1.165, 1.54) is 0 Å². The number of carbonyl (C=O) groups excluding carboxylic acids is 1.